The zero-order valence-corrected chi connectivity index (χ0v) is 17.8. The normalized spacial score (nSPS) is 22.4. The smallest absolute Gasteiger partial charge is 0.312 e. The van der Waals surface area contributed by atoms with Crippen LogP contribution in [0.2, 0.25) is 0 Å². The molecule has 2 unspecified atom stereocenters. The third kappa shape index (κ3) is 5.63. The van der Waals surface area contributed by atoms with Crippen LogP contribution in [0.5, 0.6) is 0 Å². The standard InChI is InChI=1S/C23H18F9N3/c24-21(25,26)12-35-20(14-3-7-17(8-4-14)23(30,31)32)18-11-33-10-15(19(18)34-35)9-13-1-5-16(6-2-13)22(27,28)29/h1-9,18,20,33H,10-12H2/b15-9-. The molecule has 2 aromatic rings. The first-order valence-electron chi connectivity index (χ1n) is 10.4. The van der Waals surface area contributed by atoms with Crippen LogP contribution in [0.25, 0.3) is 6.08 Å². The van der Waals surface area contributed by atoms with Gasteiger partial charge in [-0.25, -0.2) is 0 Å². The lowest BCUT2D eigenvalue weighted by Crippen LogP contribution is -2.41. The molecule has 0 aromatic heterocycles. The largest absolute Gasteiger partial charge is 0.416 e. The molecule has 0 bridgehead atoms. The van der Waals surface area contributed by atoms with Crippen molar-refractivity contribution >= 4 is 11.8 Å². The molecule has 35 heavy (non-hydrogen) atoms. The second-order valence-electron chi connectivity index (χ2n) is 8.29. The fourth-order valence-electron chi connectivity index (χ4n) is 4.28. The van der Waals surface area contributed by atoms with E-state index in [-0.39, 0.29) is 18.7 Å². The molecule has 0 aliphatic carbocycles. The third-order valence-electron chi connectivity index (χ3n) is 5.80. The Morgan fingerprint density at radius 2 is 1.37 bits per heavy atom. The van der Waals surface area contributed by atoms with E-state index in [9.17, 15) is 39.5 Å². The molecule has 1 N–H and O–H groups in total. The van der Waals surface area contributed by atoms with Gasteiger partial charge < -0.3 is 5.32 Å². The molecule has 2 aromatic carbocycles. The monoisotopic (exact) mass is 507 g/mol. The highest BCUT2D eigenvalue weighted by Gasteiger charge is 2.45. The second-order valence-corrected chi connectivity index (χ2v) is 8.29. The molecule has 4 rings (SSSR count). The highest BCUT2D eigenvalue weighted by molar-refractivity contribution is 6.07. The highest BCUT2D eigenvalue weighted by Crippen LogP contribution is 2.41. The van der Waals surface area contributed by atoms with Crippen LogP contribution in [0.1, 0.15) is 28.3 Å². The van der Waals surface area contributed by atoms with Crippen molar-refractivity contribution in [1.82, 2.24) is 10.3 Å². The number of halogens is 9. The predicted octanol–water partition coefficient (Wildman–Crippen LogP) is 6.30. The summed E-state index contributed by atoms with van der Waals surface area (Å²) in [4.78, 5) is 0. The minimum absolute atomic E-state index is 0.218. The van der Waals surface area contributed by atoms with Gasteiger partial charge >= 0.3 is 18.5 Å². The number of hydrogen-bond donors (Lipinski definition) is 1. The van der Waals surface area contributed by atoms with E-state index in [0.717, 1.165) is 41.4 Å². The Labute approximate surface area is 193 Å². The molecule has 0 amide bonds. The van der Waals surface area contributed by atoms with E-state index >= 15 is 0 Å². The number of rotatable bonds is 3. The number of fused-ring (bicyclic) bond motifs is 1. The van der Waals surface area contributed by atoms with Crippen molar-refractivity contribution in [2.75, 3.05) is 19.6 Å². The fraction of sp³-hybridized carbons (Fsp3) is 0.348. The number of alkyl halides is 9. The Morgan fingerprint density at radius 3 is 1.89 bits per heavy atom. The summed E-state index contributed by atoms with van der Waals surface area (Å²) < 4.78 is 117. The molecule has 0 saturated carbocycles. The molecule has 1 fully saturated rings. The molecule has 2 heterocycles. The van der Waals surface area contributed by atoms with Crippen LogP contribution in [0.15, 0.2) is 59.2 Å². The van der Waals surface area contributed by atoms with E-state index < -0.39 is 48.2 Å². The van der Waals surface area contributed by atoms with Gasteiger partial charge in [-0.15, -0.1) is 0 Å². The first-order chi connectivity index (χ1) is 16.2. The molecular formula is C23H18F9N3. The van der Waals surface area contributed by atoms with E-state index in [2.05, 4.69) is 10.4 Å². The Hall–Kier alpha value is -3.02. The van der Waals surface area contributed by atoms with Crippen molar-refractivity contribution in [3.8, 4) is 0 Å². The Kier molecular flexibility index (Phi) is 6.37. The number of nitrogens with zero attached hydrogens (tertiary/aromatic N) is 2. The summed E-state index contributed by atoms with van der Waals surface area (Å²) >= 11 is 0. The van der Waals surface area contributed by atoms with Crippen LogP contribution in [-0.2, 0) is 12.4 Å². The fourth-order valence-corrected chi connectivity index (χ4v) is 4.28. The van der Waals surface area contributed by atoms with E-state index in [1.54, 1.807) is 6.08 Å². The van der Waals surface area contributed by atoms with Gasteiger partial charge in [-0.3, -0.25) is 5.01 Å². The van der Waals surface area contributed by atoms with Crippen molar-refractivity contribution in [3.05, 3.63) is 76.4 Å². The Morgan fingerprint density at radius 1 is 0.829 bits per heavy atom. The van der Waals surface area contributed by atoms with Crippen molar-refractivity contribution in [2.24, 2.45) is 11.0 Å². The van der Waals surface area contributed by atoms with Gasteiger partial charge in [-0.1, -0.05) is 24.3 Å². The molecule has 12 heteroatoms. The molecule has 2 aliphatic heterocycles. The van der Waals surface area contributed by atoms with Crippen molar-refractivity contribution in [3.63, 3.8) is 0 Å². The summed E-state index contributed by atoms with van der Waals surface area (Å²) in [5.74, 6) is -0.608. The zero-order valence-electron chi connectivity index (χ0n) is 17.8. The van der Waals surface area contributed by atoms with Crippen molar-refractivity contribution < 1.29 is 39.5 Å². The molecule has 2 aliphatic rings. The van der Waals surface area contributed by atoms with Crippen LogP contribution in [0.3, 0.4) is 0 Å². The lowest BCUT2D eigenvalue weighted by atomic mass is 9.83. The maximum Gasteiger partial charge on any atom is 0.416 e. The average Bonchev–Trinajstić information content (AvgIpc) is 3.10. The Balaban J connectivity index is 1.68. The van der Waals surface area contributed by atoms with Crippen LogP contribution >= 0.6 is 0 Å². The van der Waals surface area contributed by atoms with E-state index in [1.165, 1.54) is 12.1 Å². The van der Waals surface area contributed by atoms with E-state index in [0.29, 0.717) is 16.8 Å². The summed E-state index contributed by atoms with van der Waals surface area (Å²) in [6.45, 7) is -0.967. The van der Waals surface area contributed by atoms with Gasteiger partial charge in [0.25, 0.3) is 0 Å². The van der Waals surface area contributed by atoms with Crippen LogP contribution in [0.4, 0.5) is 39.5 Å². The van der Waals surface area contributed by atoms with Gasteiger partial charge in [0, 0.05) is 19.0 Å². The molecule has 1 saturated heterocycles. The maximum absolute atomic E-state index is 13.3. The number of nitrogens with one attached hydrogen (secondary N) is 1. The summed E-state index contributed by atoms with van der Waals surface area (Å²) in [5.41, 5.74) is -0.314. The maximum atomic E-state index is 13.3. The van der Waals surface area contributed by atoms with Gasteiger partial charge in [0.05, 0.1) is 22.9 Å². The van der Waals surface area contributed by atoms with Crippen molar-refractivity contribution in [2.45, 2.75) is 24.6 Å². The zero-order chi connectivity index (χ0) is 25.6. The van der Waals surface area contributed by atoms with E-state index in [4.69, 9.17) is 0 Å². The predicted molar refractivity (Wildman–Crippen MR) is 110 cm³/mol. The molecule has 188 valence electrons. The second kappa shape index (κ2) is 8.89. The van der Waals surface area contributed by atoms with Crippen LogP contribution in [-0.4, -0.2) is 36.5 Å². The first-order valence-corrected chi connectivity index (χ1v) is 10.4. The van der Waals surface area contributed by atoms with Gasteiger partial charge in [0.2, 0.25) is 0 Å². The van der Waals surface area contributed by atoms with E-state index in [1.807, 2.05) is 0 Å². The number of hydrogen-bond acceptors (Lipinski definition) is 3. The molecule has 3 nitrogen and oxygen atoms in total. The number of benzene rings is 2. The Bertz CT molecular complexity index is 1110. The third-order valence-corrected chi connectivity index (χ3v) is 5.80. The topological polar surface area (TPSA) is 27.6 Å². The molecule has 0 spiro atoms. The lowest BCUT2D eigenvalue weighted by Gasteiger charge is -2.31. The minimum atomic E-state index is -4.62. The minimum Gasteiger partial charge on any atom is -0.312 e. The molecule has 0 radical (unpaired) electrons. The number of hydrazone groups is 1. The summed E-state index contributed by atoms with van der Waals surface area (Å²) in [6, 6.07) is 7.23. The summed E-state index contributed by atoms with van der Waals surface area (Å²) in [5, 5.41) is 8.06. The highest BCUT2D eigenvalue weighted by atomic mass is 19.4. The average molecular weight is 507 g/mol. The number of piperidine rings is 1. The van der Waals surface area contributed by atoms with Gasteiger partial charge in [-0.2, -0.15) is 44.6 Å². The van der Waals surface area contributed by atoms with Gasteiger partial charge in [0.1, 0.15) is 6.54 Å². The summed E-state index contributed by atoms with van der Waals surface area (Å²) in [7, 11) is 0. The van der Waals surface area contributed by atoms with Gasteiger partial charge in [-0.05, 0) is 47.0 Å². The SMILES string of the molecule is FC(F)(F)CN1N=C2/C(=C\c3ccc(C(F)(F)F)cc3)CNCC2C1c1ccc(C(F)(F)F)cc1. The first kappa shape index (κ1) is 25.1. The van der Waals surface area contributed by atoms with Gasteiger partial charge in [0.15, 0.2) is 0 Å². The van der Waals surface area contributed by atoms with Crippen LogP contribution < -0.4 is 5.32 Å². The lowest BCUT2D eigenvalue weighted by molar-refractivity contribution is -0.150. The molecular weight excluding hydrogens is 489 g/mol. The van der Waals surface area contributed by atoms with Crippen LogP contribution in [0, 0.1) is 5.92 Å². The van der Waals surface area contributed by atoms with Crippen molar-refractivity contribution in [1.29, 1.82) is 0 Å². The quantitative estimate of drug-likeness (QED) is 0.494. The molecule has 2 atom stereocenters. The summed E-state index contributed by atoms with van der Waals surface area (Å²) in [6.07, 6.45) is -12.2.